The molecular formula is C13H28N2O. The lowest BCUT2D eigenvalue weighted by Crippen LogP contribution is -2.34. The summed E-state index contributed by atoms with van der Waals surface area (Å²) in [7, 11) is 0. The Labute approximate surface area is 100 Å². The lowest BCUT2D eigenvalue weighted by molar-refractivity contribution is -0.121. The first-order valence-electron chi connectivity index (χ1n) is 6.37. The molecular weight excluding hydrogens is 200 g/mol. The van der Waals surface area contributed by atoms with E-state index in [1.165, 1.54) is 12.8 Å². The SMILES string of the molecule is CC(C)CCCCNC(=O)CCC(C)(C)N. The minimum Gasteiger partial charge on any atom is -0.356 e. The Hall–Kier alpha value is -0.570. The average Bonchev–Trinajstić information content (AvgIpc) is 2.12. The van der Waals surface area contributed by atoms with Crippen molar-refractivity contribution in [3.8, 4) is 0 Å². The zero-order valence-electron chi connectivity index (χ0n) is 11.3. The van der Waals surface area contributed by atoms with Crippen molar-refractivity contribution in [2.45, 2.75) is 65.3 Å². The first-order chi connectivity index (χ1) is 7.31. The highest BCUT2D eigenvalue weighted by atomic mass is 16.1. The molecule has 96 valence electrons. The Morgan fingerprint density at radius 2 is 1.94 bits per heavy atom. The molecule has 0 heterocycles. The fourth-order valence-corrected chi connectivity index (χ4v) is 1.43. The van der Waals surface area contributed by atoms with Crippen LogP contribution in [0.5, 0.6) is 0 Å². The summed E-state index contributed by atoms with van der Waals surface area (Å²) in [6, 6.07) is 0. The lowest BCUT2D eigenvalue weighted by atomic mass is 10.00. The van der Waals surface area contributed by atoms with Gasteiger partial charge in [0.05, 0.1) is 0 Å². The van der Waals surface area contributed by atoms with Gasteiger partial charge in [0.1, 0.15) is 0 Å². The molecule has 0 unspecified atom stereocenters. The van der Waals surface area contributed by atoms with Crippen LogP contribution >= 0.6 is 0 Å². The van der Waals surface area contributed by atoms with Crippen molar-refractivity contribution in [2.75, 3.05) is 6.54 Å². The van der Waals surface area contributed by atoms with Crippen molar-refractivity contribution in [1.82, 2.24) is 5.32 Å². The fraction of sp³-hybridized carbons (Fsp3) is 0.923. The number of hydrogen-bond donors (Lipinski definition) is 2. The van der Waals surface area contributed by atoms with E-state index in [4.69, 9.17) is 5.73 Å². The van der Waals surface area contributed by atoms with Crippen LogP contribution in [0, 0.1) is 5.92 Å². The number of nitrogens with two attached hydrogens (primary N) is 1. The summed E-state index contributed by atoms with van der Waals surface area (Å²) in [5, 5.41) is 2.93. The fourth-order valence-electron chi connectivity index (χ4n) is 1.43. The number of carbonyl (C=O) groups is 1. The van der Waals surface area contributed by atoms with Gasteiger partial charge in [0.2, 0.25) is 5.91 Å². The van der Waals surface area contributed by atoms with Gasteiger partial charge in [0, 0.05) is 18.5 Å². The van der Waals surface area contributed by atoms with Crippen molar-refractivity contribution in [2.24, 2.45) is 11.7 Å². The smallest absolute Gasteiger partial charge is 0.220 e. The highest BCUT2D eigenvalue weighted by Gasteiger charge is 2.12. The molecule has 0 aromatic heterocycles. The summed E-state index contributed by atoms with van der Waals surface area (Å²) >= 11 is 0. The van der Waals surface area contributed by atoms with Crippen LogP contribution in [0.4, 0.5) is 0 Å². The Bertz CT molecular complexity index is 195. The lowest BCUT2D eigenvalue weighted by Gasteiger charge is -2.17. The maximum absolute atomic E-state index is 11.4. The molecule has 0 saturated carbocycles. The van der Waals surface area contributed by atoms with Crippen molar-refractivity contribution < 1.29 is 4.79 Å². The van der Waals surface area contributed by atoms with Gasteiger partial charge < -0.3 is 11.1 Å². The Balaban J connectivity index is 3.38. The van der Waals surface area contributed by atoms with Crippen LogP contribution in [0.2, 0.25) is 0 Å². The molecule has 0 radical (unpaired) electrons. The number of unbranched alkanes of at least 4 members (excludes halogenated alkanes) is 1. The first-order valence-corrected chi connectivity index (χ1v) is 6.37. The number of amides is 1. The number of hydrogen-bond acceptors (Lipinski definition) is 2. The van der Waals surface area contributed by atoms with Gasteiger partial charge in [-0.1, -0.05) is 26.7 Å². The van der Waals surface area contributed by atoms with E-state index in [1.54, 1.807) is 0 Å². The van der Waals surface area contributed by atoms with Crippen molar-refractivity contribution >= 4 is 5.91 Å². The molecule has 0 aliphatic heterocycles. The van der Waals surface area contributed by atoms with Crippen LogP contribution in [0.3, 0.4) is 0 Å². The van der Waals surface area contributed by atoms with E-state index >= 15 is 0 Å². The van der Waals surface area contributed by atoms with E-state index in [9.17, 15) is 4.79 Å². The molecule has 0 bridgehead atoms. The zero-order valence-corrected chi connectivity index (χ0v) is 11.3. The van der Waals surface area contributed by atoms with Crippen molar-refractivity contribution in [3.63, 3.8) is 0 Å². The van der Waals surface area contributed by atoms with Gasteiger partial charge in [-0.05, 0) is 32.6 Å². The molecule has 0 fully saturated rings. The van der Waals surface area contributed by atoms with Gasteiger partial charge in [-0.3, -0.25) is 4.79 Å². The van der Waals surface area contributed by atoms with Gasteiger partial charge >= 0.3 is 0 Å². The molecule has 0 spiro atoms. The Kier molecular flexibility index (Phi) is 7.39. The van der Waals surface area contributed by atoms with Gasteiger partial charge in [0.25, 0.3) is 0 Å². The maximum atomic E-state index is 11.4. The predicted octanol–water partition coefficient (Wildman–Crippen LogP) is 2.45. The summed E-state index contributed by atoms with van der Waals surface area (Å²) in [6.45, 7) is 9.15. The average molecular weight is 228 g/mol. The van der Waals surface area contributed by atoms with E-state index in [-0.39, 0.29) is 11.4 Å². The minimum atomic E-state index is -0.241. The molecule has 1 amide bonds. The van der Waals surface area contributed by atoms with E-state index in [1.807, 2.05) is 13.8 Å². The third-order valence-corrected chi connectivity index (χ3v) is 2.53. The topological polar surface area (TPSA) is 55.1 Å². The molecule has 3 heteroatoms. The van der Waals surface area contributed by atoms with Crippen LogP contribution in [-0.2, 0) is 4.79 Å². The van der Waals surface area contributed by atoms with Gasteiger partial charge in [-0.2, -0.15) is 0 Å². The molecule has 0 aliphatic rings. The van der Waals surface area contributed by atoms with Crippen LogP contribution in [0.1, 0.15) is 59.8 Å². The molecule has 3 nitrogen and oxygen atoms in total. The van der Waals surface area contributed by atoms with Crippen LogP contribution in [-0.4, -0.2) is 18.0 Å². The monoisotopic (exact) mass is 228 g/mol. The predicted molar refractivity (Wildman–Crippen MR) is 69.2 cm³/mol. The van der Waals surface area contributed by atoms with Gasteiger partial charge in [-0.25, -0.2) is 0 Å². The van der Waals surface area contributed by atoms with Crippen LogP contribution in [0.15, 0.2) is 0 Å². The molecule has 0 atom stereocenters. The number of nitrogens with one attached hydrogen (secondary N) is 1. The summed E-state index contributed by atoms with van der Waals surface area (Å²) < 4.78 is 0. The maximum Gasteiger partial charge on any atom is 0.220 e. The van der Waals surface area contributed by atoms with E-state index in [0.717, 1.165) is 25.3 Å². The van der Waals surface area contributed by atoms with Gasteiger partial charge in [0.15, 0.2) is 0 Å². The van der Waals surface area contributed by atoms with Gasteiger partial charge in [-0.15, -0.1) is 0 Å². The Morgan fingerprint density at radius 1 is 1.31 bits per heavy atom. The van der Waals surface area contributed by atoms with E-state index in [2.05, 4.69) is 19.2 Å². The summed E-state index contributed by atoms with van der Waals surface area (Å²) in [6.07, 6.45) is 4.79. The molecule has 3 N–H and O–H groups in total. The Morgan fingerprint density at radius 3 is 2.44 bits per heavy atom. The first kappa shape index (κ1) is 15.4. The summed E-state index contributed by atoms with van der Waals surface area (Å²) in [5.41, 5.74) is 5.57. The molecule has 16 heavy (non-hydrogen) atoms. The second-order valence-electron chi connectivity index (χ2n) is 5.73. The highest BCUT2D eigenvalue weighted by Crippen LogP contribution is 2.07. The van der Waals surface area contributed by atoms with Crippen LogP contribution in [0.25, 0.3) is 0 Å². The van der Waals surface area contributed by atoms with Crippen molar-refractivity contribution in [1.29, 1.82) is 0 Å². The zero-order chi connectivity index (χ0) is 12.6. The summed E-state index contributed by atoms with van der Waals surface area (Å²) in [5.74, 6) is 0.886. The second-order valence-corrected chi connectivity index (χ2v) is 5.73. The quantitative estimate of drug-likeness (QED) is 0.627. The van der Waals surface area contributed by atoms with Crippen LogP contribution < -0.4 is 11.1 Å². The van der Waals surface area contributed by atoms with E-state index < -0.39 is 0 Å². The molecule has 0 aromatic carbocycles. The third-order valence-electron chi connectivity index (χ3n) is 2.53. The van der Waals surface area contributed by atoms with E-state index in [0.29, 0.717) is 6.42 Å². The highest BCUT2D eigenvalue weighted by molar-refractivity contribution is 5.75. The second kappa shape index (κ2) is 7.66. The number of carbonyl (C=O) groups excluding carboxylic acids is 1. The summed E-state index contributed by atoms with van der Waals surface area (Å²) in [4.78, 5) is 11.4. The molecule has 0 aliphatic carbocycles. The molecule has 0 saturated heterocycles. The van der Waals surface area contributed by atoms with Crippen molar-refractivity contribution in [3.05, 3.63) is 0 Å². The molecule has 0 aromatic rings. The minimum absolute atomic E-state index is 0.128. The normalized spacial score (nSPS) is 11.9. The largest absolute Gasteiger partial charge is 0.356 e. The number of rotatable bonds is 8. The molecule has 0 rings (SSSR count). The third kappa shape index (κ3) is 11.5. The standard InChI is InChI=1S/C13H28N2O/c1-11(2)7-5-6-10-15-12(16)8-9-13(3,4)14/h11H,5-10,14H2,1-4H3,(H,15,16).